The molecule has 2 N–H and O–H groups in total. The van der Waals surface area contributed by atoms with Crippen LogP contribution in [0.5, 0.6) is 0 Å². The van der Waals surface area contributed by atoms with Crippen molar-refractivity contribution < 1.29 is 19.1 Å². The molecular weight excluding hydrogens is 560 g/mol. The van der Waals surface area contributed by atoms with Gasteiger partial charge in [0.2, 0.25) is 0 Å². The lowest BCUT2D eigenvalue weighted by Crippen LogP contribution is -2.55. The summed E-state index contributed by atoms with van der Waals surface area (Å²) < 4.78 is 6.24. The van der Waals surface area contributed by atoms with E-state index in [2.05, 4.69) is 31.5 Å². The number of nitrogens with zero attached hydrogens (tertiary/aromatic N) is 2. The Labute approximate surface area is 232 Å². The van der Waals surface area contributed by atoms with Crippen LogP contribution in [-0.4, -0.2) is 59.1 Å². The number of alkyl carbamates (subject to hydrolysis) is 1. The Morgan fingerprint density at radius 3 is 2.35 bits per heavy atom. The van der Waals surface area contributed by atoms with Gasteiger partial charge in [-0.1, -0.05) is 58.4 Å². The highest BCUT2D eigenvalue weighted by Gasteiger charge is 2.52. The summed E-state index contributed by atoms with van der Waals surface area (Å²) >= 11 is 3.41. The van der Waals surface area contributed by atoms with Gasteiger partial charge in [-0.2, -0.15) is 0 Å². The van der Waals surface area contributed by atoms with Crippen LogP contribution in [0.15, 0.2) is 59.1 Å². The lowest BCUT2D eigenvalue weighted by atomic mass is 9.87. The van der Waals surface area contributed by atoms with Crippen LogP contribution in [0.1, 0.15) is 50.3 Å². The summed E-state index contributed by atoms with van der Waals surface area (Å²) in [5, 5.41) is 5.97. The summed E-state index contributed by atoms with van der Waals surface area (Å²) in [6.07, 6.45) is 1.21. The Kier molecular flexibility index (Phi) is 9.98. The molecule has 2 heterocycles. The highest BCUT2D eigenvalue weighted by molar-refractivity contribution is 9.10. The molecule has 37 heavy (non-hydrogen) atoms. The number of imide groups is 1. The van der Waals surface area contributed by atoms with Crippen LogP contribution in [0.3, 0.4) is 0 Å². The number of likely N-dealkylation sites (tertiary alicyclic amines) is 1. The summed E-state index contributed by atoms with van der Waals surface area (Å²) in [5.41, 5.74) is 1.10. The van der Waals surface area contributed by atoms with E-state index in [0.717, 1.165) is 22.1 Å². The molecule has 2 saturated heterocycles. The van der Waals surface area contributed by atoms with E-state index in [4.69, 9.17) is 4.74 Å². The largest absolute Gasteiger partial charge is 0.447 e. The number of nitrogens with one attached hydrogen (secondary N) is 2. The number of amides is 4. The number of ether oxygens (including phenoxy) is 1. The number of piperidine rings is 1. The van der Waals surface area contributed by atoms with Crippen molar-refractivity contribution in [3.63, 3.8) is 0 Å². The van der Waals surface area contributed by atoms with E-state index < -0.39 is 11.6 Å². The van der Waals surface area contributed by atoms with Gasteiger partial charge in [-0.15, -0.1) is 12.4 Å². The predicted molar refractivity (Wildman–Crippen MR) is 147 cm³/mol. The van der Waals surface area contributed by atoms with Gasteiger partial charge in [0.05, 0.1) is 18.7 Å². The van der Waals surface area contributed by atoms with E-state index >= 15 is 0 Å². The van der Waals surface area contributed by atoms with Gasteiger partial charge in [-0.25, -0.2) is 9.59 Å². The predicted octanol–water partition coefficient (Wildman–Crippen LogP) is 5.02. The molecule has 0 radical (unpaired) electrons. The fourth-order valence-corrected chi connectivity index (χ4v) is 5.06. The van der Waals surface area contributed by atoms with Gasteiger partial charge in [0.25, 0.3) is 5.91 Å². The van der Waals surface area contributed by atoms with Crippen LogP contribution < -0.4 is 10.6 Å². The van der Waals surface area contributed by atoms with Crippen molar-refractivity contribution in [1.29, 1.82) is 0 Å². The Bertz CT molecular complexity index is 1080. The number of rotatable bonds is 8. The molecule has 10 heteroatoms. The van der Waals surface area contributed by atoms with E-state index in [1.807, 2.05) is 68.4 Å². The first-order valence-electron chi connectivity index (χ1n) is 12.4. The van der Waals surface area contributed by atoms with E-state index in [1.165, 1.54) is 4.90 Å². The summed E-state index contributed by atoms with van der Waals surface area (Å²) in [6.45, 7) is 6.04. The lowest BCUT2D eigenvalue weighted by molar-refractivity contribution is -0.133. The molecule has 2 aromatic carbocycles. The van der Waals surface area contributed by atoms with Crippen molar-refractivity contribution in [2.45, 2.75) is 57.3 Å². The molecule has 0 aliphatic carbocycles. The third kappa shape index (κ3) is 7.24. The van der Waals surface area contributed by atoms with Gasteiger partial charge in [0, 0.05) is 24.1 Å². The van der Waals surface area contributed by atoms with Crippen molar-refractivity contribution in [1.82, 2.24) is 20.4 Å². The van der Waals surface area contributed by atoms with Gasteiger partial charge in [-0.05, 0) is 56.4 Å². The molecule has 2 fully saturated rings. The molecule has 1 spiro atoms. The van der Waals surface area contributed by atoms with Gasteiger partial charge >= 0.3 is 12.1 Å². The maximum absolute atomic E-state index is 13.3. The standard InChI is InChI=1S/C27H33BrN4O4.ClH/c1-19(2)36-26(35)29-23(21-6-4-3-5-7-21)12-15-31-16-13-27(14-17-31)24(33)32(25(34)30-27)18-20-8-10-22(28)11-9-20;/h3-11,19,23H,12-18H2,1-2H3,(H,29,35)(H,30,34);1H/t23-;/m0./s1. The third-order valence-electron chi connectivity index (χ3n) is 6.78. The lowest BCUT2D eigenvalue weighted by Gasteiger charge is -2.37. The second-order valence-electron chi connectivity index (χ2n) is 9.72. The minimum atomic E-state index is -0.832. The normalized spacial score (nSPS) is 17.9. The summed E-state index contributed by atoms with van der Waals surface area (Å²) in [7, 11) is 0. The number of benzene rings is 2. The number of hydrogen-bond donors (Lipinski definition) is 2. The van der Waals surface area contributed by atoms with Crippen LogP contribution in [0.4, 0.5) is 9.59 Å². The highest BCUT2D eigenvalue weighted by Crippen LogP contribution is 2.31. The summed E-state index contributed by atoms with van der Waals surface area (Å²) in [5.74, 6) is -0.143. The molecule has 200 valence electrons. The summed E-state index contributed by atoms with van der Waals surface area (Å²) in [6, 6.07) is 17.0. The van der Waals surface area contributed by atoms with Gasteiger partial charge in [-0.3, -0.25) is 9.69 Å². The van der Waals surface area contributed by atoms with Crippen LogP contribution in [0.25, 0.3) is 0 Å². The maximum Gasteiger partial charge on any atom is 0.407 e. The quantitative estimate of drug-likeness (QED) is 0.420. The van der Waals surface area contributed by atoms with Gasteiger partial charge < -0.3 is 20.3 Å². The molecule has 2 aliphatic heterocycles. The molecule has 0 saturated carbocycles. The highest BCUT2D eigenvalue weighted by atomic mass is 79.9. The van der Waals surface area contributed by atoms with Crippen LogP contribution in [0, 0.1) is 0 Å². The van der Waals surface area contributed by atoms with Gasteiger partial charge in [0.1, 0.15) is 5.54 Å². The number of hydrogen-bond acceptors (Lipinski definition) is 5. The van der Waals surface area contributed by atoms with Crippen LogP contribution in [0.2, 0.25) is 0 Å². The number of urea groups is 1. The zero-order valence-electron chi connectivity index (χ0n) is 21.1. The van der Waals surface area contributed by atoms with Crippen molar-refractivity contribution in [3.05, 3.63) is 70.2 Å². The first kappa shape index (κ1) is 28.9. The maximum atomic E-state index is 13.3. The first-order valence-corrected chi connectivity index (χ1v) is 13.2. The van der Waals surface area contributed by atoms with Crippen molar-refractivity contribution in [2.75, 3.05) is 19.6 Å². The molecule has 0 unspecified atom stereocenters. The zero-order chi connectivity index (χ0) is 25.7. The molecule has 2 aliphatic rings. The summed E-state index contributed by atoms with van der Waals surface area (Å²) in [4.78, 5) is 41.9. The number of carbonyl (C=O) groups excluding carboxylic acids is 3. The Morgan fingerprint density at radius 2 is 1.73 bits per heavy atom. The second-order valence-corrected chi connectivity index (χ2v) is 10.6. The zero-order valence-corrected chi connectivity index (χ0v) is 23.5. The van der Waals surface area contributed by atoms with Crippen molar-refractivity contribution in [2.24, 2.45) is 0 Å². The number of halogens is 2. The topological polar surface area (TPSA) is 91.0 Å². The third-order valence-corrected chi connectivity index (χ3v) is 7.31. The monoisotopic (exact) mass is 592 g/mol. The second kappa shape index (κ2) is 12.8. The molecule has 8 nitrogen and oxygen atoms in total. The van der Waals surface area contributed by atoms with Crippen molar-refractivity contribution >= 4 is 46.4 Å². The minimum Gasteiger partial charge on any atom is -0.447 e. The van der Waals surface area contributed by atoms with E-state index in [0.29, 0.717) is 32.4 Å². The fourth-order valence-electron chi connectivity index (χ4n) is 4.80. The van der Waals surface area contributed by atoms with Gasteiger partial charge in [0.15, 0.2) is 0 Å². The fraction of sp³-hybridized carbons (Fsp3) is 0.444. The molecule has 4 amide bonds. The van der Waals surface area contributed by atoms with Crippen LogP contribution in [-0.2, 0) is 16.1 Å². The van der Waals surface area contributed by atoms with E-state index in [-0.39, 0.29) is 43.0 Å². The van der Waals surface area contributed by atoms with E-state index in [1.54, 1.807) is 0 Å². The Morgan fingerprint density at radius 1 is 1.08 bits per heavy atom. The SMILES string of the molecule is CC(C)OC(=O)N[C@@H](CCN1CCC2(CC1)NC(=O)N(Cc1ccc(Br)cc1)C2=O)c1ccccc1.Cl. The number of carbonyl (C=O) groups is 3. The van der Waals surface area contributed by atoms with E-state index in [9.17, 15) is 14.4 Å². The molecular formula is C27H34BrClN4O4. The molecule has 1 atom stereocenters. The molecule has 0 aromatic heterocycles. The van der Waals surface area contributed by atoms with Crippen LogP contribution >= 0.6 is 28.3 Å². The smallest absolute Gasteiger partial charge is 0.407 e. The Hall–Kier alpha value is -2.62. The minimum absolute atomic E-state index is 0. The molecule has 2 aromatic rings. The Balaban J connectivity index is 0.00000380. The first-order chi connectivity index (χ1) is 17.3. The average Bonchev–Trinajstić information content (AvgIpc) is 3.08. The van der Waals surface area contributed by atoms with Crippen molar-refractivity contribution in [3.8, 4) is 0 Å². The molecule has 0 bridgehead atoms. The average molecular weight is 594 g/mol. The molecule has 4 rings (SSSR count).